The zero-order chi connectivity index (χ0) is 13.5. The van der Waals surface area contributed by atoms with E-state index < -0.39 is 0 Å². The van der Waals surface area contributed by atoms with Crippen molar-refractivity contribution in [3.63, 3.8) is 0 Å². The molecule has 0 saturated carbocycles. The zero-order valence-electron chi connectivity index (χ0n) is 11.5. The molecule has 102 valence electrons. The molecule has 0 aliphatic carbocycles. The molecule has 1 fully saturated rings. The van der Waals surface area contributed by atoms with E-state index in [1.165, 1.54) is 11.9 Å². The molecule has 1 aromatic heterocycles. The van der Waals surface area contributed by atoms with Gasteiger partial charge >= 0.3 is 0 Å². The Bertz CT molecular complexity index is 385. The van der Waals surface area contributed by atoms with Gasteiger partial charge in [0.05, 0.1) is 5.69 Å². The van der Waals surface area contributed by atoms with Crippen molar-refractivity contribution in [1.29, 1.82) is 0 Å². The van der Waals surface area contributed by atoms with Gasteiger partial charge in [0, 0.05) is 33.1 Å². The van der Waals surface area contributed by atoms with Crippen molar-refractivity contribution >= 4 is 27.4 Å². The minimum Gasteiger partial charge on any atom is -0.359 e. The number of anilines is 2. The number of carbonyl (C=O) groups is 1. The van der Waals surface area contributed by atoms with E-state index in [0.717, 1.165) is 31.9 Å². The van der Waals surface area contributed by atoms with Crippen LogP contribution in [0.25, 0.3) is 0 Å². The first-order chi connectivity index (χ1) is 8.66. The van der Waals surface area contributed by atoms with E-state index in [4.69, 9.17) is 0 Å². The second-order valence-corrected chi connectivity index (χ2v) is 4.81. The molecule has 1 aliphatic heterocycles. The number of carbonyl (C=O) groups excluding carboxylic acids is 1. The van der Waals surface area contributed by atoms with Crippen molar-refractivity contribution in [2.24, 2.45) is 0 Å². The quantitative estimate of drug-likeness (QED) is 0.861. The van der Waals surface area contributed by atoms with Crippen LogP contribution in [0.4, 0.5) is 10.1 Å². The minimum atomic E-state index is -0.0689. The molecule has 0 aromatic carbocycles. The van der Waals surface area contributed by atoms with E-state index in [2.05, 4.69) is 20.5 Å². The zero-order valence-corrected chi connectivity index (χ0v) is 12.4. The molecule has 0 spiro atoms. The highest BCUT2D eigenvalue weighted by atomic mass is 32.1. The molecule has 18 heavy (non-hydrogen) atoms. The average molecular weight is 270 g/mol. The number of hydrogen-bond acceptors (Lipinski definition) is 5. The van der Waals surface area contributed by atoms with Gasteiger partial charge in [0.25, 0.3) is 0 Å². The summed E-state index contributed by atoms with van der Waals surface area (Å²) in [6.07, 6.45) is 0. The Hall–Kier alpha value is -1.14. The third kappa shape index (κ3) is 3.96. The highest BCUT2D eigenvalue weighted by molar-refractivity contribution is 7.19. The summed E-state index contributed by atoms with van der Waals surface area (Å²) in [6, 6.07) is 0. The molecule has 1 amide bonds. The second kappa shape index (κ2) is 7.33. The molecule has 2 rings (SSSR count). The topological polar surface area (TPSA) is 57.3 Å². The number of hydrogen-bond donors (Lipinski definition) is 2. The Morgan fingerprint density at radius 3 is 2.56 bits per heavy atom. The summed E-state index contributed by atoms with van der Waals surface area (Å²) >= 11 is 1.55. The van der Waals surface area contributed by atoms with Crippen LogP contribution in [0, 0.1) is 6.92 Å². The van der Waals surface area contributed by atoms with Gasteiger partial charge in [-0.1, -0.05) is 25.2 Å². The van der Waals surface area contributed by atoms with Crippen molar-refractivity contribution in [1.82, 2.24) is 10.3 Å². The molecule has 1 saturated heterocycles. The summed E-state index contributed by atoms with van der Waals surface area (Å²) in [4.78, 5) is 17.6. The van der Waals surface area contributed by atoms with Gasteiger partial charge in [-0.15, -0.1) is 0 Å². The molecule has 5 nitrogen and oxygen atoms in total. The summed E-state index contributed by atoms with van der Waals surface area (Å²) in [5, 5.41) is 7.91. The molecule has 6 heteroatoms. The molecule has 2 heterocycles. The number of rotatable bonds is 2. The Kier molecular flexibility index (Phi) is 6.07. The van der Waals surface area contributed by atoms with Crippen molar-refractivity contribution in [2.75, 3.05) is 36.4 Å². The standard InChI is InChI=1S/C10H16N4OS.C2H6/c1-7-9(14-5-3-11-4-6-14)16-10(12-7)13-8(2)15;1-2/h11H,3-6H2,1-2H3,(H,12,13,15);1-2H3. The van der Waals surface area contributed by atoms with Crippen LogP contribution in [0.1, 0.15) is 26.5 Å². The number of piperazine rings is 1. The molecule has 0 unspecified atom stereocenters. The predicted molar refractivity (Wildman–Crippen MR) is 77.6 cm³/mol. The van der Waals surface area contributed by atoms with E-state index in [-0.39, 0.29) is 5.91 Å². The lowest BCUT2D eigenvalue weighted by Gasteiger charge is -2.28. The third-order valence-corrected chi connectivity index (χ3v) is 3.59. The van der Waals surface area contributed by atoms with Crippen molar-refractivity contribution in [2.45, 2.75) is 27.7 Å². The van der Waals surface area contributed by atoms with E-state index in [1.54, 1.807) is 11.3 Å². The number of amides is 1. The SMILES string of the molecule is CC.CC(=O)Nc1nc(C)c(N2CCNCC2)s1. The van der Waals surface area contributed by atoms with Gasteiger partial charge in [-0.3, -0.25) is 4.79 Å². The number of nitrogens with zero attached hydrogens (tertiary/aromatic N) is 2. The Morgan fingerprint density at radius 1 is 1.39 bits per heavy atom. The van der Waals surface area contributed by atoms with Gasteiger partial charge in [-0.25, -0.2) is 4.98 Å². The molecule has 1 aliphatic rings. The summed E-state index contributed by atoms with van der Waals surface area (Å²) in [5.74, 6) is -0.0689. The lowest BCUT2D eigenvalue weighted by Crippen LogP contribution is -2.43. The summed E-state index contributed by atoms with van der Waals surface area (Å²) in [5.41, 5.74) is 0.996. The summed E-state index contributed by atoms with van der Waals surface area (Å²) in [6.45, 7) is 11.5. The predicted octanol–water partition coefficient (Wildman–Crippen LogP) is 1.85. The fraction of sp³-hybridized carbons (Fsp3) is 0.667. The molecular formula is C12H22N4OS. The normalized spacial score (nSPS) is 14.8. The van der Waals surface area contributed by atoms with Gasteiger partial charge in [0.1, 0.15) is 5.00 Å². The number of thiazole rings is 1. The number of aromatic nitrogens is 1. The van der Waals surface area contributed by atoms with Crippen LogP contribution >= 0.6 is 11.3 Å². The Morgan fingerprint density at radius 2 is 2.00 bits per heavy atom. The molecule has 0 radical (unpaired) electrons. The minimum absolute atomic E-state index is 0.0689. The largest absolute Gasteiger partial charge is 0.359 e. The van der Waals surface area contributed by atoms with Crippen molar-refractivity contribution in [3.8, 4) is 0 Å². The Balaban J connectivity index is 0.000000771. The third-order valence-electron chi connectivity index (χ3n) is 2.46. The Labute approximate surface area is 113 Å². The van der Waals surface area contributed by atoms with Crippen LogP contribution in [0.3, 0.4) is 0 Å². The first kappa shape index (κ1) is 14.9. The van der Waals surface area contributed by atoms with E-state index in [9.17, 15) is 4.79 Å². The molecular weight excluding hydrogens is 248 g/mol. The first-order valence-electron chi connectivity index (χ1n) is 6.37. The van der Waals surface area contributed by atoms with Gasteiger partial charge in [0.15, 0.2) is 5.13 Å². The van der Waals surface area contributed by atoms with E-state index in [1.807, 2.05) is 20.8 Å². The van der Waals surface area contributed by atoms with Crippen molar-refractivity contribution in [3.05, 3.63) is 5.69 Å². The van der Waals surface area contributed by atoms with E-state index >= 15 is 0 Å². The lowest BCUT2D eigenvalue weighted by molar-refractivity contribution is -0.114. The van der Waals surface area contributed by atoms with Gasteiger partial charge in [0.2, 0.25) is 5.91 Å². The first-order valence-corrected chi connectivity index (χ1v) is 7.19. The maximum Gasteiger partial charge on any atom is 0.223 e. The fourth-order valence-corrected chi connectivity index (χ4v) is 2.82. The van der Waals surface area contributed by atoms with Gasteiger partial charge in [-0.05, 0) is 6.92 Å². The summed E-state index contributed by atoms with van der Waals surface area (Å²) in [7, 11) is 0. The van der Waals surface area contributed by atoms with Crippen LogP contribution in [0.15, 0.2) is 0 Å². The smallest absolute Gasteiger partial charge is 0.223 e. The van der Waals surface area contributed by atoms with Crippen molar-refractivity contribution < 1.29 is 4.79 Å². The molecule has 0 atom stereocenters. The highest BCUT2D eigenvalue weighted by Gasteiger charge is 2.17. The fourth-order valence-electron chi connectivity index (χ4n) is 1.75. The van der Waals surface area contributed by atoms with E-state index in [0.29, 0.717) is 5.13 Å². The maximum atomic E-state index is 10.9. The van der Waals surface area contributed by atoms with Crippen LogP contribution in [-0.2, 0) is 4.79 Å². The van der Waals surface area contributed by atoms with Crippen LogP contribution in [0.2, 0.25) is 0 Å². The molecule has 2 N–H and O–H groups in total. The van der Waals surface area contributed by atoms with Crippen LogP contribution in [0.5, 0.6) is 0 Å². The molecule has 0 bridgehead atoms. The second-order valence-electron chi connectivity index (χ2n) is 3.83. The van der Waals surface area contributed by atoms with Gasteiger partial charge in [-0.2, -0.15) is 0 Å². The molecule has 1 aromatic rings. The number of nitrogens with one attached hydrogen (secondary N) is 2. The number of aryl methyl sites for hydroxylation is 1. The summed E-state index contributed by atoms with van der Waals surface area (Å²) < 4.78 is 0. The maximum absolute atomic E-state index is 10.9. The highest BCUT2D eigenvalue weighted by Crippen LogP contribution is 2.31. The van der Waals surface area contributed by atoms with Crippen LogP contribution < -0.4 is 15.5 Å². The monoisotopic (exact) mass is 270 g/mol. The average Bonchev–Trinajstić information content (AvgIpc) is 2.73. The van der Waals surface area contributed by atoms with Crippen LogP contribution in [-0.4, -0.2) is 37.1 Å². The van der Waals surface area contributed by atoms with Gasteiger partial charge < -0.3 is 15.5 Å². The lowest BCUT2D eigenvalue weighted by atomic mass is 10.3.